The van der Waals surface area contributed by atoms with Gasteiger partial charge in [-0.1, -0.05) is 74.0 Å². The number of amides is 2. The number of nitro benzene ring substituents is 1. The lowest BCUT2D eigenvalue weighted by Gasteiger charge is -2.31. The third kappa shape index (κ3) is 8.56. The predicted octanol–water partition coefficient (Wildman–Crippen LogP) is 4.70. The highest BCUT2D eigenvalue weighted by molar-refractivity contribution is 5.88. The highest BCUT2D eigenvalue weighted by Gasteiger charge is 2.31. The molecule has 9 nitrogen and oxygen atoms in total. The van der Waals surface area contributed by atoms with Crippen LogP contribution in [-0.2, 0) is 22.6 Å². The summed E-state index contributed by atoms with van der Waals surface area (Å²) in [7, 11) is 1.32. The molecule has 2 amide bonds. The molecule has 39 heavy (non-hydrogen) atoms. The zero-order valence-corrected chi connectivity index (χ0v) is 22.8. The van der Waals surface area contributed by atoms with Crippen molar-refractivity contribution in [1.29, 1.82) is 0 Å². The SMILES string of the molecule is COc1cc(OCC(=O)N(Cc2cccc(C)c2)[C@H](Cc2ccccc2)C(=O)NCC(C)C)ccc1[N+](=O)[O-]. The Kier molecular flexibility index (Phi) is 10.4. The first-order valence-corrected chi connectivity index (χ1v) is 12.8. The molecule has 3 aromatic carbocycles. The van der Waals surface area contributed by atoms with Crippen molar-refractivity contribution >= 4 is 17.5 Å². The van der Waals surface area contributed by atoms with Gasteiger partial charge in [-0.05, 0) is 30.0 Å². The molecule has 0 aliphatic carbocycles. The van der Waals surface area contributed by atoms with E-state index < -0.39 is 16.9 Å². The van der Waals surface area contributed by atoms with Crippen LogP contribution in [-0.4, -0.2) is 47.9 Å². The van der Waals surface area contributed by atoms with Crippen LogP contribution in [0.4, 0.5) is 5.69 Å². The number of nitro groups is 1. The number of ether oxygens (including phenoxy) is 2. The van der Waals surface area contributed by atoms with Gasteiger partial charge >= 0.3 is 5.69 Å². The van der Waals surface area contributed by atoms with E-state index in [0.29, 0.717) is 13.0 Å². The van der Waals surface area contributed by atoms with Crippen molar-refractivity contribution in [2.75, 3.05) is 20.3 Å². The predicted molar refractivity (Wildman–Crippen MR) is 149 cm³/mol. The van der Waals surface area contributed by atoms with E-state index in [1.807, 2.05) is 75.4 Å². The van der Waals surface area contributed by atoms with Gasteiger partial charge in [0.15, 0.2) is 6.61 Å². The third-order valence-corrected chi connectivity index (χ3v) is 6.10. The molecule has 0 aromatic heterocycles. The first-order chi connectivity index (χ1) is 18.7. The summed E-state index contributed by atoms with van der Waals surface area (Å²) in [6.07, 6.45) is 0.327. The van der Waals surface area contributed by atoms with Crippen molar-refractivity contribution < 1.29 is 24.0 Å². The minimum absolute atomic E-state index is 0.0246. The summed E-state index contributed by atoms with van der Waals surface area (Å²) in [4.78, 5) is 39.4. The summed E-state index contributed by atoms with van der Waals surface area (Å²) in [5, 5.41) is 14.2. The Morgan fingerprint density at radius 2 is 1.72 bits per heavy atom. The summed E-state index contributed by atoms with van der Waals surface area (Å²) in [6.45, 7) is 6.31. The molecule has 0 aliphatic rings. The molecule has 1 atom stereocenters. The Morgan fingerprint density at radius 3 is 2.36 bits per heavy atom. The molecule has 0 unspecified atom stereocenters. The van der Waals surface area contributed by atoms with E-state index in [1.165, 1.54) is 25.3 Å². The van der Waals surface area contributed by atoms with Crippen molar-refractivity contribution in [3.05, 3.63) is 99.6 Å². The van der Waals surface area contributed by atoms with Gasteiger partial charge in [-0.3, -0.25) is 19.7 Å². The van der Waals surface area contributed by atoms with Crippen LogP contribution in [0, 0.1) is 23.0 Å². The third-order valence-electron chi connectivity index (χ3n) is 6.10. The zero-order chi connectivity index (χ0) is 28.4. The lowest BCUT2D eigenvalue weighted by molar-refractivity contribution is -0.385. The summed E-state index contributed by atoms with van der Waals surface area (Å²) in [5.74, 6) is -0.130. The number of nitrogens with one attached hydrogen (secondary N) is 1. The average molecular weight is 534 g/mol. The summed E-state index contributed by atoms with van der Waals surface area (Å²) in [6, 6.07) is 20.6. The largest absolute Gasteiger partial charge is 0.490 e. The van der Waals surface area contributed by atoms with Gasteiger partial charge < -0.3 is 19.7 Å². The van der Waals surface area contributed by atoms with Crippen molar-refractivity contribution in [2.45, 2.75) is 39.8 Å². The van der Waals surface area contributed by atoms with Crippen LogP contribution in [0.1, 0.15) is 30.5 Å². The Morgan fingerprint density at radius 1 is 1.00 bits per heavy atom. The summed E-state index contributed by atoms with van der Waals surface area (Å²) < 4.78 is 10.8. The van der Waals surface area contributed by atoms with Crippen molar-refractivity contribution in [3.8, 4) is 11.5 Å². The van der Waals surface area contributed by atoms with Crippen LogP contribution in [0.3, 0.4) is 0 Å². The van der Waals surface area contributed by atoms with Crippen molar-refractivity contribution in [1.82, 2.24) is 10.2 Å². The lowest BCUT2D eigenvalue weighted by Crippen LogP contribution is -2.52. The molecule has 1 N–H and O–H groups in total. The quantitative estimate of drug-likeness (QED) is 0.252. The molecule has 0 bridgehead atoms. The van der Waals surface area contributed by atoms with E-state index >= 15 is 0 Å². The number of methoxy groups -OCH3 is 1. The maximum absolute atomic E-state index is 13.7. The second-order valence-corrected chi connectivity index (χ2v) is 9.73. The molecule has 0 aliphatic heterocycles. The van der Waals surface area contributed by atoms with Gasteiger partial charge in [0, 0.05) is 31.6 Å². The molecule has 0 saturated heterocycles. The van der Waals surface area contributed by atoms with Crippen molar-refractivity contribution in [2.24, 2.45) is 5.92 Å². The first-order valence-electron chi connectivity index (χ1n) is 12.8. The fraction of sp³-hybridized carbons (Fsp3) is 0.333. The van der Waals surface area contributed by atoms with E-state index in [1.54, 1.807) is 4.90 Å². The molecule has 0 fully saturated rings. The number of carbonyl (C=O) groups excluding carboxylic acids is 2. The monoisotopic (exact) mass is 533 g/mol. The minimum Gasteiger partial charge on any atom is -0.490 e. The number of hydrogen-bond acceptors (Lipinski definition) is 6. The van der Waals surface area contributed by atoms with E-state index in [2.05, 4.69) is 5.32 Å². The molecule has 0 saturated carbocycles. The highest BCUT2D eigenvalue weighted by atomic mass is 16.6. The number of rotatable bonds is 13. The standard InChI is InChI=1S/C30H35N3O6/c1-21(2)18-31-30(35)27(16-23-10-6-5-7-11-23)32(19-24-12-8-9-22(3)15-24)29(34)20-39-25-13-14-26(33(36)37)28(17-25)38-4/h5-15,17,21,27H,16,18-20H2,1-4H3,(H,31,35)/t27-/m1/s1. The second-order valence-electron chi connectivity index (χ2n) is 9.73. The number of nitrogens with zero attached hydrogens (tertiary/aromatic N) is 2. The van der Waals surface area contributed by atoms with Gasteiger partial charge in [0.2, 0.25) is 11.7 Å². The number of benzene rings is 3. The average Bonchev–Trinajstić information content (AvgIpc) is 2.92. The molecule has 3 aromatic rings. The van der Waals surface area contributed by atoms with Gasteiger partial charge in [0.25, 0.3) is 5.91 Å². The van der Waals surface area contributed by atoms with Gasteiger partial charge in [0.1, 0.15) is 11.8 Å². The molecular formula is C30H35N3O6. The highest BCUT2D eigenvalue weighted by Crippen LogP contribution is 2.30. The summed E-state index contributed by atoms with van der Waals surface area (Å²) >= 11 is 0. The van der Waals surface area contributed by atoms with Crippen LogP contribution in [0.25, 0.3) is 0 Å². The van der Waals surface area contributed by atoms with E-state index in [4.69, 9.17) is 9.47 Å². The van der Waals surface area contributed by atoms with E-state index in [0.717, 1.165) is 16.7 Å². The van der Waals surface area contributed by atoms with Crippen LogP contribution < -0.4 is 14.8 Å². The second kappa shape index (κ2) is 13.9. The minimum atomic E-state index is -0.783. The van der Waals surface area contributed by atoms with Gasteiger partial charge in [-0.25, -0.2) is 0 Å². The molecular weight excluding hydrogens is 498 g/mol. The lowest BCUT2D eigenvalue weighted by atomic mass is 10.0. The number of aryl methyl sites for hydroxylation is 1. The fourth-order valence-corrected chi connectivity index (χ4v) is 4.11. The van der Waals surface area contributed by atoms with Crippen molar-refractivity contribution in [3.63, 3.8) is 0 Å². The molecule has 206 valence electrons. The smallest absolute Gasteiger partial charge is 0.311 e. The van der Waals surface area contributed by atoms with E-state index in [-0.39, 0.29) is 42.2 Å². The maximum Gasteiger partial charge on any atom is 0.311 e. The Balaban J connectivity index is 1.91. The molecule has 9 heteroatoms. The maximum atomic E-state index is 13.7. The van der Waals surface area contributed by atoms with Crippen LogP contribution in [0.5, 0.6) is 11.5 Å². The molecule has 3 rings (SSSR count). The van der Waals surface area contributed by atoms with Crippen LogP contribution in [0.15, 0.2) is 72.8 Å². The Labute approximate surface area is 228 Å². The molecule has 0 radical (unpaired) electrons. The van der Waals surface area contributed by atoms with Gasteiger partial charge in [-0.15, -0.1) is 0 Å². The number of hydrogen-bond donors (Lipinski definition) is 1. The Bertz CT molecular complexity index is 1280. The fourth-order valence-electron chi connectivity index (χ4n) is 4.11. The normalized spacial score (nSPS) is 11.5. The van der Waals surface area contributed by atoms with Gasteiger partial charge in [0.05, 0.1) is 12.0 Å². The zero-order valence-electron chi connectivity index (χ0n) is 22.8. The first kappa shape index (κ1) is 29.2. The van der Waals surface area contributed by atoms with Gasteiger partial charge in [-0.2, -0.15) is 0 Å². The summed E-state index contributed by atoms with van der Waals surface area (Å²) in [5.41, 5.74) is 2.64. The van der Waals surface area contributed by atoms with E-state index in [9.17, 15) is 19.7 Å². The molecule has 0 heterocycles. The number of carbonyl (C=O) groups is 2. The van der Waals surface area contributed by atoms with Crippen LogP contribution >= 0.6 is 0 Å². The molecule has 0 spiro atoms. The van der Waals surface area contributed by atoms with Crippen LogP contribution in [0.2, 0.25) is 0 Å². The topological polar surface area (TPSA) is 111 Å². The Hall–Kier alpha value is -4.40.